The number of rotatable bonds is 4. The van der Waals surface area contributed by atoms with E-state index in [-0.39, 0.29) is 6.61 Å². The van der Waals surface area contributed by atoms with Gasteiger partial charge in [-0.1, -0.05) is 50.1 Å². The molecule has 0 aliphatic heterocycles. The van der Waals surface area contributed by atoms with Gasteiger partial charge in [0, 0.05) is 33.8 Å². The third-order valence-electron chi connectivity index (χ3n) is 2.99. The summed E-state index contributed by atoms with van der Waals surface area (Å²) in [5.74, 6) is 0. The van der Waals surface area contributed by atoms with E-state index >= 15 is 0 Å². The Balaban J connectivity index is 2.25. The van der Waals surface area contributed by atoms with E-state index < -0.39 is 0 Å². The largest absolute Gasteiger partial charge is 0.392 e. The van der Waals surface area contributed by atoms with Gasteiger partial charge in [-0.2, -0.15) is 0 Å². The molecule has 0 spiro atoms. The Hall–Kier alpha value is -0.840. The van der Waals surface area contributed by atoms with Crippen molar-refractivity contribution in [2.24, 2.45) is 0 Å². The highest BCUT2D eigenvalue weighted by atomic mass is 79.9. The Bertz CT molecular complexity index is 572. The van der Waals surface area contributed by atoms with Crippen molar-refractivity contribution in [1.29, 1.82) is 0 Å². The fraction of sp³-hybridized carbons (Fsp3) is 0.200. The van der Waals surface area contributed by atoms with Gasteiger partial charge in [0.2, 0.25) is 0 Å². The first-order valence-corrected chi connectivity index (χ1v) is 7.54. The number of halogens is 2. The maximum absolute atomic E-state index is 9.46. The van der Waals surface area contributed by atoms with Gasteiger partial charge in [-0.3, -0.25) is 0 Å². The second-order valence-electron chi connectivity index (χ2n) is 4.38. The van der Waals surface area contributed by atoms with Crippen LogP contribution in [0, 0.1) is 0 Å². The Morgan fingerprint density at radius 3 is 2.47 bits per heavy atom. The lowest BCUT2D eigenvalue weighted by Crippen LogP contribution is -2.18. The summed E-state index contributed by atoms with van der Waals surface area (Å²) in [6.07, 6.45) is 0. The van der Waals surface area contributed by atoms with E-state index in [0.29, 0.717) is 0 Å². The number of hydrogen-bond donors (Lipinski definition) is 1. The molecule has 4 heteroatoms. The van der Waals surface area contributed by atoms with Crippen LogP contribution in [0.3, 0.4) is 0 Å². The van der Waals surface area contributed by atoms with Crippen LogP contribution in [0.4, 0.5) is 5.69 Å². The maximum Gasteiger partial charge on any atom is 0.0702 e. The molecule has 0 saturated carbocycles. The standard InChI is InChI=1S/C15H15Br2NO/c1-18(9-11-4-2-3-5-14(11)17)15-7-6-13(16)8-12(15)10-19/h2-8,19H,9-10H2,1H3. The summed E-state index contributed by atoms with van der Waals surface area (Å²) in [7, 11) is 2.03. The third kappa shape index (κ3) is 3.59. The zero-order valence-corrected chi connectivity index (χ0v) is 13.8. The van der Waals surface area contributed by atoms with E-state index in [4.69, 9.17) is 0 Å². The Morgan fingerprint density at radius 1 is 1.05 bits per heavy atom. The minimum Gasteiger partial charge on any atom is -0.392 e. The van der Waals surface area contributed by atoms with E-state index in [1.54, 1.807) is 0 Å². The van der Waals surface area contributed by atoms with Gasteiger partial charge in [0.1, 0.15) is 0 Å². The molecule has 0 aliphatic rings. The molecule has 2 aromatic carbocycles. The van der Waals surface area contributed by atoms with E-state index in [2.05, 4.69) is 42.8 Å². The number of aliphatic hydroxyl groups excluding tert-OH is 1. The smallest absolute Gasteiger partial charge is 0.0702 e. The van der Waals surface area contributed by atoms with Gasteiger partial charge in [-0.05, 0) is 29.8 Å². The van der Waals surface area contributed by atoms with E-state index in [0.717, 1.165) is 26.7 Å². The average molecular weight is 385 g/mol. The van der Waals surface area contributed by atoms with Crippen LogP contribution < -0.4 is 4.90 Å². The van der Waals surface area contributed by atoms with Crippen molar-refractivity contribution in [3.8, 4) is 0 Å². The van der Waals surface area contributed by atoms with E-state index in [9.17, 15) is 5.11 Å². The van der Waals surface area contributed by atoms with Crippen LogP contribution in [0.2, 0.25) is 0 Å². The third-order valence-corrected chi connectivity index (χ3v) is 4.26. The van der Waals surface area contributed by atoms with Crippen LogP contribution in [-0.4, -0.2) is 12.2 Å². The lowest BCUT2D eigenvalue weighted by Gasteiger charge is -2.23. The van der Waals surface area contributed by atoms with Crippen LogP contribution >= 0.6 is 31.9 Å². The molecule has 0 heterocycles. The molecule has 0 bridgehead atoms. The van der Waals surface area contributed by atoms with Crippen molar-refractivity contribution >= 4 is 37.5 Å². The fourth-order valence-corrected chi connectivity index (χ4v) is 2.84. The topological polar surface area (TPSA) is 23.5 Å². The SMILES string of the molecule is CN(Cc1ccccc1Br)c1ccc(Br)cc1CO. The van der Waals surface area contributed by atoms with Gasteiger partial charge >= 0.3 is 0 Å². The van der Waals surface area contributed by atoms with Crippen molar-refractivity contribution in [2.45, 2.75) is 13.2 Å². The zero-order chi connectivity index (χ0) is 13.8. The molecular weight excluding hydrogens is 370 g/mol. The van der Waals surface area contributed by atoms with Crippen LogP contribution in [0.1, 0.15) is 11.1 Å². The summed E-state index contributed by atoms with van der Waals surface area (Å²) >= 11 is 6.99. The summed E-state index contributed by atoms with van der Waals surface area (Å²) < 4.78 is 2.08. The molecule has 2 aromatic rings. The monoisotopic (exact) mass is 383 g/mol. The molecule has 2 nitrogen and oxygen atoms in total. The van der Waals surface area contributed by atoms with Gasteiger partial charge in [-0.25, -0.2) is 0 Å². The molecule has 19 heavy (non-hydrogen) atoms. The lowest BCUT2D eigenvalue weighted by atomic mass is 10.1. The lowest BCUT2D eigenvalue weighted by molar-refractivity contribution is 0.282. The molecule has 100 valence electrons. The highest BCUT2D eigenvalue weighted by Gasteiger charge is 2.09. The molecule has 0 aromatic heterocycles. The van der Waals surface area contributed by atoms with Crippen molar-refractivity contribution in [3.05, 3.63) is 62.5 Å². The van der Waals surface area contributed by atoms with Gasteiger partial charge in [0.25, 0.3) is 0 Å². The summed E-state index contributed by atoms with van der Waals surface area (Å²) in [5, 5.41) is 9.46. The van der Waals surface area contributed by atoms with Gasteiger partial charge in [0.15, 0.2) is 0 Å². The minimum atomic E-state index is 0.0368. The van der Waals surface area contributed by atoms with E-state index in [1.165, 1.54) is 5.56 Å². The molecular formula is C15H15Br2NO. The minimum absolute atomic E-state index is 0.0368. The number of aliphatic hydroxyl groups is 1. The summed E-state index contributed by atoms with van der Waals surface area (Å²) in [6, 6.07) is 14.1. The van der Waals surface area contributed by atoms with Crippen molar-refractivity contribution in [1.82, 2.24) is 0 Å². The highest BCUT2D eigenvalue weighted by Crippen LogP contribution is 2.26. The molecule has 2 rings (SSSR count). The highest BCUT2D eigenvalue weighted by molar-refractivity contribution is 9.10. The molecule has 0 fully saturated rings. The van der Waals surface area contributed by atoms with Gasteiger partial charge < -0.3 is 10.0 Å². The molecule has 0 radical (unpaired) electrons. The first kappa shape index (κ1) is 14.6. The Kier molecular flexibility index (Phi) is 5.02. The predicted octanol–water partition coefficient (Wildman–Crippen LogP) is 4.34. The van der Waals surface area contributed by atoms with Crippen LogP contribution in [0.15, 0.2) is 51.4 Å². The average Bonchev–Trinajstić information content (AvgIpc) is 2.41. The number of nitrogens with zero attached hydrogens (tertiary/aromatic N) is 1. The maximum atomic E-state index is 9.46. The Labute approximate surface area is 130 Å². The van der Waals surface area contributed by atoms with Crippen LogP contribution in [-0.2, 0) is 13.2 Å². The van der Waals surface area contributed by atoms with Crippen LogP contribution in [0.25, 0.3) is 0 Å². The Morgan fingerprint density at radius 2 is 1.79 bits per heavy atom. The molecule has 0 aliphatic carbocycles. The zero-order valence-electron chi connectivity index (χ0n) is 10.6. The predicted molar refractivity (Wildman–Crippen MR) is 86.3 cm³/mol. The quantitative estimate of drug-likeness (QED) is 0.847. The molecule has 0 atom stereocenters. The van der Waals surface area contributed by atoms with E-state index in [1.807, 2.05) is 43.4 Å². The van der Waals surface area contributed by atoms with Crippen LogP contribution in [0.5, 0.6) is 0 Å². The number of anilines is 1. The molecule has 1 N–H and O–H groups in total. The van der Waals surface area contributed by atoms with Crippen molar-refractivity contribution in [2.75, 3.05) is 11.9 Å². The normalized spacial score (nSPS) is 10.5. The van der Waals surface area contributed by atoms with Gasteiger partial charge in [-0.15, -0.1) is 0 Å². The number of hydrogen-bond acceptors (Lipinski definition) is 2. The molecule has 0 unspecified atom stereocenters. The van der Waals surface area contributed by atoms with Crippen molar-refractivity contribution in [3.63, 3.8) is 0 Å². The molecule has 0 saturated heterocycles. The summed E-state index contributed by atoms with van der Waals surface area (Å²) in [4.78, 5) is 2.14. The van der Waals surface area contributed by atoms with Gasteiger partial charge in [0.05, 0.1) is 6.61 Å². The first-order chi connectivity index (χ1) is 9.11. The second kappa shape index (κ2) is 6.55. The fourth-order valence-electron chi connectivity index (χ4n) is 2.02. The number of benzene rings is 2. The summed E-state index contributed by atoms with van der Waals surface area (Å²) in [6.45, 7) is 0.825. The summed E-state index contributed by atoms with van der Waals surface area (Å²) in [5.41, 5.74) is 3.18. The molecule has 0 amide bonds. The first-order valence-electron chi connectivity index (χ1n) is 5.95. The second-order valence-corrected chi connectivity index (χ2v) is 6.15. The van der Waals surface area contributed by atoms with Crippen molar-refractivity contribution < 1.29 is 5.11 Å².